The average molecular weight is 846 g/mol. The Balaban J connectivity index is 1.09. The zero-order chi connectivity index (χ0) is 44.1. The molecule has 0 amide bonds. The van der Waals surface area contributed by atoms with E-state index < -0.39 is 0 Å². The predicted octanol–water partition coefficient (Wildman–Crippen LogP) is 16.3. The molecule has 5 heteroatoms. The molecule has 0 atom stereocenters. The maximum Gasteiger partial charge on any atom is 0.164 e. The summed E-state index contributed by atoms with van der Waals surface area (Å²) in [5, 5.41) is 2.36. The van der Waals surface area contributed by atoms with Gasteiger partial charge in [0.15, 0.2) is 17.5 Å². The van der Waals surface area contributed by atoms with Gasteiger partial charge in [0.1, 0.15) is 0 Å². The summed E-state index contributed by atoms with van der Waals surface area (Å²) < 4.78 is 0. The van der Waals surface area contributed by atoms with Crippen molar-refractivity contribution in [2.45, 2.75) is 0 Å². The van der Waals surface area contributed by atoms with Crippen LogP contribution < -0.4 is 9.80 Å². The van der Waals surface area contributed by atoms with E-state index in [1.54, 1.807) is 0 Å². The molecule has 312 valence electrons. The Morgan fingerprint density at radius 3 is 1.03 bits per heavy atom. The van der Waals surface area contributed by atoms with E-state index in [4.69, 9.17) is 15.0 Å². The van der Waals surface area contributed by atoms with Crippen LogP contribution in [0.5, 0.6) is 0 Å². The van der Waals surface area contributed by atoms with Crippen molar-refractivity contribution in [1.29, 1.82) is 0 Å². The van der Waals surface area contributed by atoms with Gasteiger partial charge in [-0.2, -0.15) is 0 Å². The summed E-state index contributed by atoms with van der Waals surface area (Å²) in [5.41, 5.74) is 13.5. The van der Waals surface area contributed by atoms with E-state index >= 15 is 0 Å². The number of hydrogen-bond acceptors (Lipinski definition) is 5. The van der Waals surface area contributed by atoms with Gasteiger partial charge >= 0.3 is 0 Å². The smallest absolute Gasteiger partial charge is 0.164 e. The summed E-state index contributed by atoms with van der Waals surface area (Å²) in [6.45, 7) is 0. The first-order valence-corrected chi connectivity index (χ1v) is 22.2. The van der Waals surface area contributed by atoms with Crippen molar-refractivity contribution < 1.29 is 0 Å². The van der Waals surface area contributed by atoms with Crippen LogP contribution in [0.2, 0.25) is 0 Å². The van der Waals surface area contributed by atoms with E-state index in [-0.39, 0.29) is 0 Å². The number of benzene rings is 10. The molecule has 0 aliphatic rings. The summed E-state index contributed by atoms with van der Waals surface area (Å²) in [5.74, 6) is 1.86. The zero-order valence-electron chi connectivity index (χ0n) is 36.1. The number of rotatable bonds is 11. The van der Waals surface area contributed by atoms with Gasteiger partial charge in [-0.1, -0.05) is 182 Å². The molecule has 0 radical (unpaired) electrons. The summed E-state index contributed by atoms with van der Waals surface area (Å²) >= 11 is 0. The predicted molar refractivity (Wildman–Crippen MR) is 274 cm³/mol. The molecular weight excluding hydrogens is 803 g/mol. The Hall–Kier alpha value is -8.93. The van der Waals surface area contributed by atoms with E-state index in [0.29, 0.717) is 17.5 Å². The molecule has 0 spiro atoms. The lowest BCUT2D eigenvalue weighted by Crippen LogP contribution is -2.15. The highest BCUT2D eigenvalue weighted by atomic mass is 15.2. The van der Waals surface area contributed by atoms with E-state index in [1.807, 2.05) is 60.7 Å². The third-order valence-electron chi connectivity index (χ3n) is 11.9. The molecule has 0 N–H and O–H groups in total. The van der Waals surface area contributed by atoms with Gasteiger partial charge in [0, 0.05) is 45.0 Å². The minimum Gasteiger partial charge on any atom is -0.310 e. The average Bonchev–Trinajstić information content (AvgIpc) is 3.40. The summed E-state index contributed by atoms with van der Waals surface area (Å²) in [7, 11) is 0. The van der Waals surface area contributed by atoms with Crippen LogP contribution in [0.25, 0.3) is 67.2 Å². The Kier molecular flexibility index (Phi) is 10.9. The van der Waals surface area contributed by atoms with Crippen molar-refractivity contribution in [1.82, 2.24) is 15.0 Å². The number of anilines is 6. The van der Waals surface area contributed by atoms with E-state index in [0.717, 1.165) is 61.9 Å². The molecule has 5 nitrogen and oxygen atoms in total. The molecule has 1 heterocycles. The maximum absolute atomic E-state index is 5.04. The summed E-state index contributed by atoms with van der Waals surface area (Å²) in [6.07, 6.45) is 0. The summed E-state index contributed by atoms with van der Waals surface area (Å²) in [4.78, 5) is 19.7. The van der Waals surface area contributed by atoms with Crippen molar-refractivity contribution in [3.8, 4) is 56.4 Å². The Labute approximate surface area is 385 Å². The van der Waals surface area contributed by atoms with Crippen LogP contribution in [0.3, 0.4) is 0 Å². The minimum atomic E-state index is 0.608. The lowest BCUT2D eigenvalue weighted by Gasteiger charge is -2.33. The van der Waals surface area contributed by atoms with Gasteiger partial charge in [0.25, 0.3) is 0 Å². The van der Waals surface area contributed by atoms with Crippen molar-refractivity contribution in [2.24, 2.45) is 0 Å². The van der Waals surface area contributed by atoms with Gasteiger partial charge in [-0.15, -0.1) is 0 Å². The standard InChI is InChI=1S/C61H43N5/c1-6-19-44(20-7-1)46-35-39-54(40-36-46)65(52-27-12-4-13-28-52)56-31-18-32-57(58(56)51-34-33-45-21-16-17-26-50(45)43-51)66(53-29-14-5-15-30-53)55-41-37-49(38-42-55)61-63-59(47-22-8-2-9-23-47)62-60(64-61)48-24-10-3-11-25-48/h1-43H. The second kappa shape index (κ2) is 18.0. The SMILES string of the molecule is c1ccc(-c2ccc(N(c3ccccc3)c3cccc(N(c4ccccc4)c4ccc(-c5nc(-c6ccccc6)nc(-c6ccccc6)n5)cc4)c3-c3ccc4ccccc4c3)cc2)cc1. The summed E-state index contributed by atoms with van der Waals surface area (Å²) in [6, 6.07) is 91.5. The fourth-order valence-electron chi connectivity index (χ4n) is 8.68. The maximum atomic E-state index is 5.04. The third kappa shape index (κ3) is 8.09. The van der Waals surface area contributed by atoms with Crippen LogP contribution in [-0.4, -0.2) is 15.0 Å². The normalized spacial score (nSPS) is 11.0. The van der Waals surface area contributed by atoms with Crippen molar-refractivity contribution in [2.75, 3.05) is 9.80 Å². The van der Waals surface area contributed by atoms with Crippen LogP contribution >= 0.6 is 0 Å². The van der Waals surface area contributed by atoms with Crippen molar-refractivity contribution >= 4 is 44.9 Å². The van der Waals surface area contributed by atoms with Crippen LogP contribution in [-0.2, 0) is 0 Å². The molecule has 0 saturated carbocycles. The van der Waals surface area contributed by atoms with Crippen LogP contribution in [0.1, 0.15) is 0 Å². The van der Waals surface area contributed by atoms with Crippen LogP contribution in [0.15, 0.2) is 261 Å². The second-order valence-electron chi connectivity index (χ2n) is 16.1. The molecule has 0 bridgehead atoms. The molecule has 11 rings (SSSR count). The van der Waals surface area contributed by atoms with Gasteiger partial charge < -0.3 is 9.80 Å². The molecule has 0 aliphatic carbocycles. The third-order valence-corrected chi connectivity index (χ3v) is 11.9. The molecule has 66 heavy (non-hydrogen) atoms. The van der Waals surface area contributed by atoms with Crippen molar-refractivity contribution in [3.05, 3.63) is 261 Å². The van der Waals surface area contributed by atoms with Gasteiger partial charge in [0.05, 0.1) is 11.4 Å². The van der Waals surface area contributed by atoms with E-state index in [2.05, 4.69) is 210 Å². The monoisotopic (exact) mass is 845 g/mol. The van der Waals surface area contributed by atoms with Crippen molar-refractivity contribution in [3.63, 3.8) is 0 Å². The Morgan fingerprint density at radius 1 is 0.227 bits per heavy atom. The molecular formula is C61H43N5. The van der Waals surface area contributed by atoms with E-state index in [9.17, 15) is 0 Å². The van der Waals surface area contributed by atoms with Gasteiger partial charge in [-0.05, 0) is 106 Å². The molecule has 0 saturated heterocycles. The number of hydrogen-bond donors (Lipinski definition) is 0. The first-order chi connectivity index (χ1) is 32.7. The fraction of sp³-hybridized carbons (Fsp3) is 0. The zero-order valence-corrected chi connectivity index (χ0v) is 36.1. The topological polar surface area (TPSA) is 45.2 Å². The number of nitrogens with zero attached hydrogens (tertiary/aromatic N) is 5. The highest BCUT2D eigenvalue weighted by Gasteiger charge is 2.25. The first kappa shape index (κ1) is 39.9. The highest BCUT2D eigenvalue weighted by molar-refractivity contribution is 6.01. The quantitative estimate of drug-likeness (QED) is 0.130. The first-order valence-electron chi connectivity index (χ1n) is 22.2. The second-order valence-corrected chi connectivity index (χ2v) is 16.1. The molecule has 0 unspecified atom stereocenters. The molecule has 11 aromatic rings. The molecule has 0 fully saturated rings. The number of fused-ring (bicyclic) bond motifs is 1. The molecule has 1 aromatic heterocycles. The Morgan fingerprint density at radius 2 is 0.561 bits per heavy atom. The number of para-hydroxylation sites is 2. The van der Waals surface area contributed by atoms with Gasteiger partial charge in [-0.3, -0.25) is 0 Å². The van der Waals surface area contributed by atoms with Gasteiger partial charge in [-0.25, -0.2) is 15.0 Å². The largest absolute Gasteiger partial charge is 0.310 e. The van der Waals surface area contributed by atoms with E-state index in [1.165, 1.54) is 21.9 Å². The van der Waals surface area contributed by atoms with Crippen LogP contribution in [0, 0.1) is 0 Å². The number of aromatic nitrogens is 3. The van der Waals surface area contributed by atoms with Crippen LogP contribution in [0.4, 0.5) is 34.1 Å². The lowest BCUT2D eigenvalue weighted by atomic mass is 9.95. The Bertz CT molecular complexity index is 3320. The highest BCUT2D eigenvalue weighted by Crippen LogP contribution is 2.49. The lowest BCUT2D eigenvalue weighted by molar-refractivity contribution is 1.07. The molecule has 0 aliphatic heterocycles. The molecule has 10 aromatic carbocycles. The fourth-order valence-corrected chi connectivity index (χ4v) is 8.68. The minimum absolute atomic E-state index is 0.608. The van der Waals surface area contributed by atoms with Gasteiger partial charge in [0.2, 0.25) is 0 Å².